The Bertz CT molecular complexity index is 573. The van der Waals surface area contributed by atoms with Crippen molar-refractivity contribution in [3.63, 3.8) is 0 Å². The number of hydrogen-bond donors (Lipinski definition) is 1. The Labute approximate surface area is 104 Å². The first-order chi connectivity index (χ1) is 8.17. The van der Waals surface area contributed by atoms with Crippen LogP contribution in [0, 0.1) is 11.4 Å². The second-order valence-electron chi connectivity index (χ2n) is 3.83. The molecule has 0 aliphatic carbocycles. The van der Waals surface area contributed by atoms with Crippen molar-refractivity contribution in [3.05, 3.63) is 22.4 Å². The molecule has 0 bridgehead atoms. The summed E-state index contributed by atoms with van der Waals surface area (Å²) in [6.07, 6.45) is 1.63. The third-order valence-electron chi connectivity index (χ3n) is 2.67. The molecule has 0 aliphatic heterocycles. The van der Waals surface area contributed by atoms with Crippen LogP contribution in [0.3, 0.4) is 0 Å². The normalized spacial score (nSPS) is 11.0. The minimum Gasteiger partial charge on any atom is -0.459 e. The van der Waals surface area contributed by atoms with Crippen LogP contribution >= 0.6 is 12.2 Å². The molecule has 17 heavy (non-hydrogen) atoms. The smallest absolute Gasteiger partial charge is 0.197 e. The minimum absolute atomic E-state index is 0.0819. The summed E-state index contributed by atoms with van der Waals surface area (Å²) in [7, 11) is 0. The molecule has 2 aromatic rings. The summed E-state index contributed by atoms with van der Waals surface area (Å²) in [4.78, 5) is 1.93. The number of aliphatic hydroxyl groups excluding tert-OH is 1. The maximum absolute atomic E-state index is 9.00. The molecular formula is C12H15NO3S. The molecule has 5 heteroatoms. The lowest BCUT2D eigenvalue weighted by atomic mass is 10.3. The Morgan fingerprint density at radius 3 is 2.82 bits per heavy atom. The van der Waals surface area contributed by atoms with E-state index in [-0.39, 0.29) is 6.61 Å². The number of hydrogen-bond acceptors (Lipinski definition) is 5. The monoisotopic (exact) mass is 253 g/mol. The van der Waals surface area contributed by atoms with Gasteiger partial charge in [0, 0.05) is 24.7 Å². The van der Waals surface area contributed by atoms with Gasteiger partial charge in [0.05, 0.1) is 17.4 Å². The average Bonchev–Trinajstić information content (AvgIpc) is 2.69. The van der Waals surface area contributed by atoms with Crippen molar-refractivity contribution in [1.29, 1.82) is 0 Å². The Morgan fingerprint density at radius 1 is 1.41 bits per heavy atom. The molecule has 2 heterocycles. The molecule has 4 nitrogen and oxygen atoms in total. The van der Waals surface area contributed by atoms with E-state index in [2.05, 4.69) is 0 Å². The zero-order valence-electron chi connectivity index (χ0n) is 9.90. The van der Waals surface area contributed by atoms with Gasteiger partial charge in [-0.1, -0.05) is 12.2 Å². The fourth-order valence-electron chi connectivity index (χ4n) is 1.74. The third kappa shape index (κ3) is 2.21. The van der Waals surface area contributed by atoms with Crippen molar-refractivity contribution in [2.75, 3.05) is 24.6 Å². The molecular weight excluding hydrogens is 238 g/mol. The summed E-state index contributed by atoms with van der Waals surface area (Å²) in [6.45, 7) is 5.27. The van der Waals surface area contributed by atoms with Crippen LogP contribution in [0.25, 0.3) is 11.2 Å². The molecule has 0 spiro atoms. The molecule has 0 radical (unpaired) electrons. The van der Waals surface area contributed by atoms with E-state index in [9.17, 15) is 0 Å². The van der Waals surface area contributed by atoms with Crippen LogP contribution in [-0.4, -0.2) is 24.8 Å². The lowest BCUT2D eigenvalue weighted by Crippen LogP contribution is -2.26. The van der Waals surface area contributed by atoms with Crippen LogP contribution in [-0.2, 0) is 0 Å². The lowest BCUT2D eigenvalue weighted by molar-refractivity contribution is 0.300. The van der Waals surface area contributed by atoms with E-state index in [4.69, 9.17) is 26.2 Å². The average molecular weight is 253 g/mol. The van der Waals surface area contributed by atoms with Gasteiger partial charge in [-0.2, -0.15) is 0 Å². The molecule has 0 fully saturated rings. The van der Waals surface area contributed by atoms with Crippen molar-refractivity contribution >= 4 is 29.3 Å². The summed E-state index contributed by atoms with van der Waals surface area (Å²) < 4.78 is 11.7. The van der Waals surface area contributed by atoms with Crippen LogP contribution < -0.4 is 4.90 Å². The van der Waals surface area contributed by atoms with Crippen LogP contribution in [0.15, 0.2) is 21.2 Å². The van der Waals surface area contributed by atoms with Crippen molar-refractivity contribution in [1.82, 2.24) is 0 Å². The molecule has 0 amide bonds. The molecule has 0 aliphatic rings. The van der Waals surface area contributed by atoms with Gasteiger partial charge in [-0.25, -0.2) is 0 Å². The maximum atomic E-state index is 9.00. The quantitative estimate of drug-likeness (QED) is 0.849. The third-order valence-corrected chi connectivity index (χ3v) is 2.97. The zero-order chi connectivity index (χ0) is 12.4. The second kappa shape index (κ2) is 4.89. The molecule has 0 unspecified atom stereocenters. The number of aryl methyl sites for hydroxylation is 1. The second-order valence-corrected chi connectivity index (χ2v) is 4.27. The summed E-state index contributed by atoms with van der Waals surface area (Å²) in [5.41, 5.74) is 2.22. The fraction of sp³-hybridized carbons (Fsp3) is 0.417. The van der Waals surface area contributed by atoms with Crippen LogP contribution in [0.4, 0.5) is 5.88 Å². The zero-order valence-corrected chi connectivity index (χ0v) is 10.7. The van der Waals surface area contributed by atoms with Gasteiger partial charge >= 0.3 is 0 Å². The number of nitrogens with zero attached hydrogens (tertiary/aromatic N) is 1. The summed E-state index contributed by atoms with van der Waals surface area (Å²) >= 11 is 5.26. The van der Waals surface area contributed by atoms with Crippen LogP contribution in [0.5, 0.6) is 0 Å². The molecule has 0 atom stereocenters. The van der Waals surface area contributed by atoms with E-state index >= 15 is 0 Å². The minimum atomic E-state index is 0.0819. The molecule has 2 rings (SSSR count). The molecule has 2 aromatic heterocycles. The van der Waals surface area contributed by atoms with Crippen molar-refractivity contribution in [2.45, 2.75) is 13.8 Å². The first kappa shape index (κ1) is 12.1. The van der Waals surface area contributed by atoms with Crippen molar-refractivity contribution in [2.24, 2.45) is 0 Å². The van der Waals surface area contributed by atoms with Crippen molar-refractivity contribution < 1.29 is 13.9 Å². The highest BCUT2D eigenvalue weighted by atomic mass is 32.1. The number of fused-ring (bicyclic) bond motifs is 1. The maximum Gasteiger partial charge on any atom is 0.197 e. The SMILES string of the molecule is CCN(CCO)c1cc(=S)c2occ(C)c2o1. The van der Waals surface area contributed by atoms with Gasteiger partial charge in [-0.15, -0.1) is 0 Å². The largest absolute Gasteiger partial charge is 0.459 e. The predicted octanol–water partition coefficient (Wildman–Crippen LogP) is 2.88. The number of aliphatic hydroxyl groups is 1. The molecule has 0 aromatic carbocycles. The molecule has 1 N–H and O–H groups in total. The highest BCUT2D eigenvalue weighted by Gasteiger charge is 2.12. The van der Waals surface area contributed by atoms with E-state index in [1.54, 1.807) is 12.3 Å². The lowest BCUT2D eigenvalue weighted by Gasteiger charge is -2.19. The van der Waals surface area contributed by atoms with Crippen molar-refractivity contribution in [3.8, 4) is 0 Å². The Hall–Kier alpha value is -1.33. The number of anilines is 1. The van der Waals surface area contributed by atoms with Gasteiger partial charge in [-0.3, -0.25) is 0 Å². The van der Waals surface area contributed by atoms with Gasteiger partial charge < -0.3 is 18.8 Å². The first-order valence-corrected chi connectivity index (χ1v) is 5.96. The Morgan fingerprint density at radius 2 is 2.18 bits per heavy atom. The Balaban J connectivity index is 2.55. The molecule has 0 saturated heterocycles. The number of rotatable bonds is 4. The standard InChI is InChI=1S/C12H15NO3S/c1-3-13(4-5-14)10-6-9(17)12-11(16-10)8(2)7-15-12/h6-7,14H,3-5H2,1-2H3. The first-order valence-electron chi connectivity index (χ1n) is 5.55. The summed E-state index contributed by atoms with van der Waals surface area (Å²) in [5, 5.41) is 9.00. The van der Waals surface area contributed by atoms with Crippen LogP contribution in [0.2, 0.25) is 0 Å². The van der Waals surface area contributed by atoms with Gasteiger partial charge in [0.2, 0.25) is 0 Å². The van der Waals surface area contributed by atoms with Gasteiger partial charge in [0.25, 0.3) is 0 Å². The van der Waals surface area contributed by atoms with Gasteiger partial charge in [-0.05, 0) is 13.8 Å². The van der Waals surface area contributed by atoms with E-state index in [1.165, 1.54) is 0 Å². The van der Waals surface area contributed by atoms with Gasteiger partial charge in [0.1, 0.15) is 0 Å². The van der Waals surface area contributed by atoms with E-state index < -0.39 is 0 Å². The van der Waals surface area contributed by atoms with E-state index in [0.29, 0.717) is 28.1 Å². The van der Waals surface area contributed by atoms with E-state index in [1.807, 2.05) is 18.7 Å². The highest BCUT2D eigenvalue weighted by Crippen LogP contribution is 2.27. The highest BCUT2D eigenvalue weighted by molar-refractivity contribution is 7.71. The number of likely N-dealkylation sites (N-methyl/N-ethyl adjacent to an activating group) is 1. The van der Waals surface area contributed by atoms with E-state index in [0.717, 1.165) is 12.1 Å². The topological polar surface area (TPSA) is 49.8 Å². The molecule has 92 valence electrons. The fourth-order valence-corrected chi connectivity index (χ4v) is 1.98. The van der Waals surface area contributed by atoms with Gasteiger partial charge in [0.15, 0.2) is 17.1 Å². The number of furan rings is 1. The van der Waals surface area contributed by atoms with Crippen LogP contribution in [0.1, 0.15) is 12.5 Å². The Kier molecular flexibility index (Phi) is 3.49. The summed E-state index contributed by atoms with van der Waals surface area (Å²) in [6, 6.07) is 1.76. The molecule has 0 saturated carbocycles. The predicted molar refractivity (Wildman–Crippen MR) is 69.0 cm³/mol. The summed E-state index contributed by atoms with van der Waals surface area (Å²) in [5.74, 6) is 0.670.